The van der Waals surface area contributed by atoms with Crippen LogP contribution in [0.1, 0.15) is 22.8 Å². The highest BCUT2D eigenvalue weighted by molar-refractivity contribution is 9.10. The molecule has 0 bridgehead atoms. The van der Waals surface area contributed by atoms with E-state index in [1.165, 1.54) is 6.07 Å². The largest absolute Gasteiger partial charge is 0.507 e. The summed E-state index contributed by atoms with van der Waals surface area (Å²) in [7, 11) is 0. The zero-order valence-electron chi connectivity index (χ0n) is 11.1. The Morgan fingerprint density at radius 1 is 1.30 bits per heavy atom. The summed E-state index contributed by atoms with van der Waals surface area (Å²) in [6.45, 7) is 3.05. The number of benzene rings is 1. The lowest BCUT2D eigenvalue weighted by molar-refractivity contribution is 0.0752. The molecule has 2 aromatic rings. The van der Waals surface area contributed by atoms with Crippen LogP contribution in [-0.2, 0) is 6.54 Å². The van der Waals surface area contributed by atoms with Crippen LogP contribution in [0.3, 0.4) is 0 Å². The molecule has 0 aliphatic rings. The Kier molecular flexibility index (Phi) is 4.74. The van der Waals surface area contributed by atoms with Crippen molar-refractivity contribution in [2.75, 3.05) is 6.54 Å². The van der Waals surface area contributed by atoms with E-state index in [-0.39, 0.29) is 11.7 Å². The van der Waals surface area contributed by atoms with Crippen LogP contribution in [0.5, 0.6) is 5.75 Å². The van der Waals surface area contributed by atoms with E-state index in [0.717, 1.165) is 5.56 Å². The molecule has 0 aliphatic carbocycles. The van der Waals surface area contributed by atoms with Crippen LogP contribution in [0, 0.1) is 0 Å². The van der Waals surface area contributed by atoms with E-state index in [4.69, 9.17) is 0 Å². The summed E-state index contributed by atoms with van der Waals surface area (Å²) in [5.74, 6) is -0.0390. The number of carbonyl (C=O) groups is 1. The Morgan fingerprint density at radius 2 is 2.00 bits per heavy atom. The molecule has 0 saturated carbocycles. The van der Waals surface area contributed by atoms with E-state index in [9.17, 15) is 9.90 Å². The zero-order chi connectivity index (χ0) is 14.5. The highest BCUT2D eigenvalue weighted by atomic mass is 79.9. The van der Waals surface area contributed by atoms with Gasteiger partial charge in [0.1, 0.15) is 5.75 Å². The Bertz CT molecular complexity index is 602. The lowest BCUT2D eigenvalue weighted by atomic mass is 10.1. The van der Waals surface area contributed by atoms with Crippen LogP contribution in [-0.4, -0.2) is 27.4 Å². The van der Waals surface area contributed by atoms with E-state index in [2.05, 4.69) is 20.9 Å². The van der Waals surface area contributed by atoms with Crippen LogP contribution in [0.4, 0.5) is 0 Å². The molecule has 1 aromatic carbocycles. The standard InChI is InChI=1S/C15H15BrN2O2/c1-2-18(10-11-5-7-17-8-6-11)15(20)12-3-4-13(16)14(19)9-12/h3-9,19H,2,10H2,1H3. The molecule has 0 atom stereocenters. The molecule has 0 spiro atoms. The normalized spacial score (nSPS) is 10.3. The second-order valence-electron chi connectivity index (χ2n) is 4.34. The maximum Gasteiger partial charge on any atom is 0.254 e. The second kappa shape index (κ2) is 6.52. The van der Waals surface area contributed by atoms with E-state index < -0.39 is 0 Å². The fraction of sp³-hybridized carbons (Fsp3) is 0.200. The van der Waals surface area contributed by atoms with Gasteiger partial charge in [-0.15, -0.1) is 0 Å². The topological polar surface area (TPSA) is 53.4 Å². The fourth-order valence-electron chi connectivity index (χ4n) is 1.86. The number of aromatic nitrogens is 1. The summed E-state index contributed by atoms with van der Waals surface area (Å²) < 4.78 is 0.575. The van der Waals surface area contributed by atoms with Gasteiger partial charge in [0.05, 0.1) is 4.47 Å². The molecule has 1 heterocycles. The number of phenolic OH excluding ortho intramolecular Hbond substituents is 1. The van der Waals surface area contributed by atoms with Crippen LogP contribution >= 0.6 is 15.9 Å². The number of halogens is 1. The molecule has 1 N–H and O–H groups in total. The predicted molar refractivity (Wildman–Crippen MR) is 80.5 cm³/mol. The maximum absolute atomic E-state index is 12.4. The third kappa shape index (κ3) is 3.36. The van der Waals surface area contributed by atoms with Gasteiger partial charge in [-0.2, -0.15) is 0 Å². The van der Waals surface area contributed by atoms with Crippen molar-refractivity contribution in [1.29, 1.82) is 0 Å². The Morgan fingerprint density at radius 3 is 2.60 bits per heavy atom. The second-order valence-corrected chi connectivity index (χ2v) is 5.20. The van der Waals surface area contributed by atoms with Gasteiger partial charge in [-0.3, -0.25) is 9.78 Å². The highest BCUT2D eigenvalue weighted by Crippen LogP contribution is 2.25. The zero-order valence-corrected chi connectivity index (χ0v) is 12.7. The molecule has 0 saturated heterocycles. The van der Waals surface area contributed by atoms with Gasteiger partial charge in [0.2, 0.25) is 0 Å². The molecule has 0 unspecified atom stereocenters. The first-order valence-corrected chi connectivity index (χ1v) is 7.07. The summed E-state index contributed by atoms with van der Waals surface area (Å²) in [6.07, 6.45) is 3.41. The summed E-state index contributed by atoms with van der Waals surface area (Å²) in [5.41, 5.74) is 1.50. The number of rotatable bonds is 4. The van der Waals surface area contributed by atoms with Gasteiger partial charge in [-0.05, 0) is 58.7 Å². The van der Waals surface area contributed by atoms with Gasteiger partial charge in [0.15, 0.2) is 0 Å². The number of phenols is 1. The summed E-state index contributed by atoms with van der Waals surface area (Å²) in [6, 6.07) is 8.61. The average Bonchev–Trinajstić information content (AvgIpc) is 2.48. The van der Waals surface area contributed by atoms with E-state index in [0.29, 0.717) is 23.1 Å². The molecular weight excluding hydrogens is 320 g/mol. The Hall–Kier alpha value is -1.88. The van der Waals surface area contributed by atoms with Crippen molar-refractivity contribution >= 4 is 21.8 Å². The minimum absolute atomic E-state index is 0.0656. The Labute approximate surface area is 126 Å². The fourth-order valence-corrected chi connectivity index (χ4v) is 2.11. The molecule has 104 valence electrons. The van der Waals surface area contributed by atoms with Gasteiger partial charge in [0.25, 0.3) is 5.91 Å². The number of nitrogens with zero attached hydrogens (tertiary/aromatic N) is 2. The minimum atomic E-state index is -0.105. The summed E-state index contributed by atoms with van der Waals surface area (Å²) in [4.78, 5) is 18.1. The van der Waals surface area contributed by atoms with Gasteiger partial charge < -0.3 is 10.0 Å². The number of hydrogen-bond donors (Lipinski definition) is 1. The van der Waals surface area contributed by atoms with E-state index in [1.54, 1.807) is 29.4 Å². The minimum Gasteiger partial charge on any atom is -0.507 e. The molecule has 0 radical (unpaired) electrons. The lowest BCUT2D eigenvalue weighted by Crippen LogP contribution is -2.30. The third-order valence-corrected chi connectivity index (χ3v) is 3.66. The first kappa shape index (κ1) is 14.5. The van der Waals surface area contributed by atoms with Crippen molar-refractivity contribution in [2.24, 2.45) is 0 Å². The third-order valence-electron chi connectivity index (χ3n) is 2.98. The number of hydrogen-bond acceptors (Lipinski definition) is 3. The molecule has 0 fully saturated rings. The lowest BCUT2D eigenvalue weighted by Gasteiger charge is -2.21. The summed E-state index contributed by atoms with van der Waals surface area (Å²) in [5, 5.41) is 9.67. The average molecular weight is 335 g/mol. The first-order chi connectivity index (χ1) is 9.61. The van der Waals surface area contributed by atoms with E-state index >= 15 is 0 Å². The Balaban J connectivity index is 2.18. The van der Waals surface area contributed by atoms with Gasteiger partial charge in [-0.25, -0.2) is 0 Å². The smallest absolute Gasteiger partial charge is 0.254 e. The van der Waals surface area contributed by atoms with Crippen molar-refractivity contribution in [3.8, 4) is 5.75 Å². The number of carbonyl (C=O) groups excluding carboxylic acids is 1. The summed E-state index contributed by atoms with van der Waals surface area (Å²) >= 11 is 3.20. The van der Waals surface area contributed by atoms with Crippen molar-refractivity contribution < 1.29 is 9.90 Å². The number of pyridine rings is 1. The monoisotopic (exact) mass is 334 g/mol. The molecule has 5 heteroatoms. The van der Waals surface area contributed by atoms with Crippen LogP contribution < -0.4 is 0 Å². The molecule has 0 aliphatic heterocycles. The van der Waals surface area contributed by atoms with Crippen molar-refractivity contribution in [2.45, 2.75) is 13.5 Å². The predicted octanol–water partition coefficient (Wildman–Crippen LogP) is 3.21. The number of aromatic hydroxyl groups is 1. The maximum atomic E-state index is 12.4. The van der Waals surface area contributed by atoms with Crippen LogP contribution in [0.25, 0.3) is 0 Å². The molecule has 2 rings (SSSR count). The molecule has 20 heavy (non-hydrogen) atoms. The van der Waals surface area contributed by atoms with Gasteiger partial charge in [0, 0.05) is 31.0 Å². The molecule has 4 nitrogen and oxygen atoms in total. The van der Waals surface area contributed by atoms with Crippen LogP contribution in [0.15, 0.2) is 47.2 Å². The highest BCUT2D eigenvalue weighted by Gasteiger charge is 2.15. The van der Waals surface area contributed by atoms with Gasteiger partial charge >= 0.3 is 0 Å². The van der Waals surface area contributed by atoms with Crippen molar-refractivity contribution in [3.05, 3.63) is 58.3 Å². The number of amides is 1. The van der Waals surface area contributed by atoms with Crippen molar-refractivity contribution in [3.63, 3.8) is 0 Å². The SMILES string of the molecule is CCN(Cc1ccncc1)C(=O)c1ccc(Br)c(O)c1. The van der Waals surface area contributed by atoms with E-state index in [1.807, 2.05) is 19.1 Å². The molecule has 1 amide bonds. The quantitative estimate of drug-likeness (QED) is 0.933. The molecule has 1 aromatic heterocycles. The molecular formula is C15H15BrN2O2. The van der Waals surface area contributed by atoms with Crippen molar-refractivity contribution in [1.82, 2.24) is 9.88 Å². The van der Waals surface area contributed by atoms with Gasteiger partial charge in [-0.1, -0.05) is 0 Å². The van der Waals surface area contributed by atoms with Crippen LogP contribution in [0.2, 0.25) is 0 Å². The first-order valence-electron chi connectivity index (χ1n) is 6.28.